The molecule has 0 aromatic heterocycles. The van der Waals surface area contributed by atoms with E-state index < -0.39 is 11.9 Å². The van der Waals surface area contributed by atoms with Crippen LogP contribution in [0.2, 0.25) is 0 Å². The molecule has 0 aliphatic rings. The first-order chi connectivity index (χ1) is 25.4. The van der Waals surface area contributed by atoms with E-state index in [1.165, 1.54) is 6.08 Å². The van der Waals surface area contributed by atoms with Gasteiger partial charge in [0.1, 0.15) is 30.5 Å². The van der Waals surface area contributed by atoms with Gasteiger partial charge < -0.3 is 47.4 Å². The average Bonchev–Trinajstić information content (AvgIpc) is 3.16. The largest absolute Gasteiger partial charge is 0.497 e. The number of carbonyl (C=O) groups excluding carboxylic acids is 2. The molecule has 0 fully saturated rings. The van der Waals surface area contributed by atoms with Crippen LogP contribution in [0.3, 0.4) is 0 Å². The zero-order valence-corrected chi connectivity index (χ0v) is 30.1. The molecule has 0 saturated carbocycles. The van der Waals surface area contributed by atoms with Crippen LogP contribution in [-0.2, 0) is 42.7 Å². The minimum Gasteiger partial charge on any atom is -0.497 e. The number of benzene rings is 3. The summed E-state index contributed by atoms with van der Waals surface area (Å²) in [6.07, 6.45) is 3.09. The Balaban J connectivity index is 1.11. The molecule has 52 heavy (non-hydrogen) atoms. The van der Waals surface area contributed by atoms with Crippen LogP contribution >= 0.6 is 0 Å². The van der Waals surface area contributed by atoms with Crippen molar-refractivity contribution in [1.82, 2.24) is 0 Å². The molecule has 3 aromatic carbocycles. The maximum absolute atomic E-state index is 12.2. The molecule has 0 atom stereocenters. The fourth-order valence-electron chi connectivity index (χ4n) is 4.23. The van der Waals surface area contributed by atoms with E-state index in [2.05, 4.69) is 6.58 Å². The molecule has 282 valence electrons. The van der Waals surface area contributed by atoms with Crippen LogP contribution in [0.25, 0.3) is 17.2 Å². The van der Waals surface area contributed by atoms with Crippen LogP contribution in [0.5, 0.6) is 17.2 Å². The predicted molar refractivity (Wildman–Crippen MR) is 196 cm³/mol. The fourth-order valence-corrected chi connectivity index (χ4v) is 4.23. The zero-order valence-electron chi connectivity index (χ0n) is 30.1. The number of esters is 2. The van der Waals surface area contributed by atoms with E-state index in [1.807, 2.05) is 60.7 Å². The molecular weight excluding hydrogens is 672 g/mol. The molecule has 0 aliphatic heterocycles. The van der Waals surface area contributed by atoms with Crippen LogP contribution in [-0.4, -0.2) is 112 Å². The minimum atomic E-state index is -0.455. The number of hydrogen-bond donors (Lipinski definition) is 0. The van der Waals surface area contributed by atoms with E-state index in [4.69, 9.17) is 47.4 Å². The second-order valence-electron chi connectivity index (χ2n) is 11.0. The molecule has 0 aliphatic carbocycles. The maximum Gasteiger partial charge on any atom is 0.336 e. The van der Waals surface area contributed by atoms with Crippen LogP contribution < -0.4 is 14.2 Å². The zero-order chi connectivity index (χ0) is 37.1. The number of rotatable bonds is 28. The number of ether oxygens (including phenoxy) is 10. The van der Waals surface area contributed by atoms with Gasteiger partial charge in [-0.1, -0.05) is 43.0 Å². The highest BCUT2D eigenvalue weighted by molar-refractivity contribution is 5.89. The second kappa shape index (κ2) is 26.2. The maximum atomic E-state index is 12.2. The van der Waals surface area contributed by atoms with Crippen LogP contribution in [0, 0.1) is 0 Å². The molecule has 0 N–H and O–H groups in total. The van der Waals surface area contributed by atoms with Crippen molar-refractivity contribution < 1.29 is 57.0 Å². The summed E-state index contributed by atoms with van der Waals surface area (Å²) in [5.74, 6) is 1.09. The Morgan fingerprint density at radius 2 is 0.942 bits per heavy atom. The third-order valence-electron chi connectivity index (χ3n) is 6.95. The molecule has 12 heteroatoms. The molecule has 0 saturated heterocycles. The van der Waals surface area contributed by atoms with Gasteiger partial charge in [-0.15, -0.1) is 0 Å². The molecular formula is C40H50O12. The van der Waals surface area contributed by atoms with Crippen LogP contribution in [0.15, 0.2) is 91.0 Å². The first-order valence-corrected chi connectivity index (χ1v) is 17.1. The van der Waals surface area contributed by atoms with Gasteiger partial charge in [0.2, 0.25) is 0 Å². The normalized spacial score (nSPS) is 11.0. The Hall–Kier alpha value is -4.56. The third kappa shape index (κ3) is 18.6. The summed E-state index contributed by atoms with van der Waals surface area (Å²) in [5.41, 5.74) is 3.23. The molecule has 3 rings (SSSR count). The van der Waals surface area contributed by atoms with Gasteiger partial charge in [0.15, 0.2) is 0 Å². The second-order valence-corrected chi connectivity index (χ2v) is 11.0. The van der Waals surface area contributed by atoms with Crippen LogP contribution in [0.4, 0.5) is 0 Å². The Morgan fingerprint density at radius 1 is 0.538 bits per heavy atom. The van der Waals surface area contributed by atoms with Crippen molar-refractivity contribution in [3.05, 3.63) is 96.6 Å². The van der Waals surface area contributed by atoms with Crippen LogP contribution in [0.1, 0.15) is 12.5 Å². The molecule has 0 amide bonds. The van der Waals surface area contributed by atoms with E-state index >= 15 is 0 Å². The highest BCUT2D eigenvalue weighted by Crippen LogP contribution is 2.25. The van der Waals surface area contributed by atoms with E-state index in [0.717, 1.165) is 28.2 Å². The lowest BCUT2D eigenvalue weighted by Gasteiger charge is -2.09. The molecule has 0 bridgehead atoms. The highest BCUT2D eigenvalue weighted by atomic mass is 16.6. The molecule has 0 spiro atoms. The van der Waals surface area contributed by atoms with Crippen molar-refractivity contribution in [1.29, 1.82) is 0 Å². The monoisotopic (exact) mass is 722 g/mol. The topological polar surface area (TPSA) is 126 Å². The van der Waals surface area contributed by atoms with Gasteiger partial charge in [-0.25, -0.2) is 9.59 Å². The highest BCUT2D eigenvalue weighted by Gasteiger charge is 2.05. The molecule has 3 aromatic rings. The molecule has 0 radical (unpaired) electrons. The van der Waals surface area contributed by atoms with Gasteiger partial charge in [0.25, 0.3) is 0 Å². The summed E-state index contributed by atoms with van der Waals surface area (Å²) in [6, 6.07) is 22.5. The summed E-state index contributed by atoms with van der Waals surface area (Å²) in [5, 5.41) is 0. The SMILES string of the molecule is C=C(C)C(=O)OCCOCCOCCOCCOCCOCCOCCOc1ccc(-c2ccc(OC(=O)/C=C/c3ccc(OC)cc3)cc2)cc1. The summed E-state index contributed by atoms with van der Waals surface area (Å²) >= 11 is 0. The summed E-state index contributed by atoms with van der Waals surface area (Å²) in [4.78, 5) is 23.4. The van der Waals surface area contributed by atoms with Crippen molar-refractivity contribution in [3.8, 4) is 28.4 Å². The summed E-state index contributed by atoms with van der Waals surface area (Å²) in [6.45, 7) is 11.1. The Labute approximate surface area is 306 Å². The lowest BCUT2D eigenvalue weighted by Crippen LogP contribution is -2.15. The third-order valence-corrected chi connectivity index (χ3v) is 6.95. The van der Waals surface area contributed by atoms with Crippen molar-refractivity contribution in [3.63, 3.8) is 0 Å². The lowest BCUT2D eigenvalue weighted by molar-refractivity contribution is -0.140. The average molecular weight is 723 g/mol. The lowest BCUT2D eigenvalue weighted by atomic mass is 10.1. The quantitative estimate of drug-likeness (QED) is 0.0402. The van der Waals surface area contributed by atoms with E-state index in [-0.39, 0.29) is 6.61 Å². The van der Waals surface area contributed by atoms with Crippen molar-refractivity contribution in [2.75, 3.05) is 99.6 Å². The van der Waals surface area contributed by atoms with Crippen molar-refractivity contribution in [2.45, 2.75) is 6.92 Å². The summed E-state index contributed by atoms with van der Waals surface area (Å²) in [7, 11) is 1.61. The minimum absolute atomic E-state index is 0.192. The van der Waals surface area contributed by atoms with E-state index in [1.54, 1.807) is 32.2 Å². The predicted octanol–water partition coefficient (Wildman–Crippen LogP) is 5.58. The van der Waals surface area contributed by atoms with E-state index in [9.17, 15) is 9.59 Å². The molecule has 0 unspecified atom stereocenters. The fraction of sp³-hybridized carbons (Fsp3) is 0.400. The summed E-state index contributed by atoms with van der Waals surface area (Å²) < 4.78 is 54.0. The van der Waals surface area contributed by atoms with Gasteiger partial charge in [0.05, 0.1) is 86.4 Å². The molecule has 12 nitrogen and oxygen atoms in total. The number of hydrogen-bond acceptors (Lipinski definition) is 12. The molecule has 0 heterocycles. The van der Waals surface area contributed by atoms with Gasteiger partial charge in [-0.05, 0) is 66.1 Å². The Bertz CT molecular complexity index is 1450. The van der Waals surface area contributed by atoms with Crippen molar-refractivity contribution >= 4 is 18.0 Å². The van der Waals surface area contributed by atoms with Crippen molar-refractivity contribution in [2.24, 2.45) is 0 Å². The Morgan fingerprint density at radius 3 is 1.38 bits per heavy atom. The first kappa shape index (κ1) is 41.9. The Kier molecular flexibility index (Phi) is 21.1. The van der Waals surface area contributed by atoms with Gasteiger partial charge in [-0.3, -0.25) is 0 Å². The number of methoxy groups -OCH3 is 1. The van der Waals surface area contributed by atoms with E-state index in [0.29, 0.717) is 97.2 Å². The van der Waals surface area contributed by atoms with Gasteiger partial charge >= 0.3 is 11.9 Å². The standard InChI is InChI=1S/C40H50O12/c1-32(2)40(42)51-31-29-49-27-25-47-23-21-45-19-18-44-20-22-46-24-26-48-28-30-50-37-13-7-34(8-14-37)35-9-15-38(16-10-35)52-39(41)17-6-33-4-11-36(43-3)12-5-33/h4-17H,1,18-31H2,2-3H3/b17-6+. The van der Waals surface area contributed by atoms with Gasteiger partial charge in [0, 0.05) is 11.6 Å². The smallest absolute Gasteiger partial charge is 0.336 e. The first-order valence-electron chi connectivity index (χ1n) is 17.1. The number of carbonyl (C=O) groups is 2. The van der Waals surface area contributed by atoms with Gasteiger partial charge in [-0.2, -0.15) is 0 Å².